The Morgan fingerprint density at radius 2 is 2.22 bits per heavy atom. The number of nitrogens with zero attached hydrogens (tertiary/aromatic N) is 3. The highest BCUT2D eigenvalue weighted by atomic mass is 16.1. The molecule has 4 N–H and O–H groups in total. The normalized spacial score (nSPS) is 13.4. The van der Waals surface area contributed by atoms with Crippen LogP contribution in [0.4, 0.5) is 5.69 Å². The molecule has 0 saturated heterocycles. The molecule has 0 radical (unpaired) electrons. The minimum absolute atomic E-state index is 0.243. The first-order valence-electron chi connectivity index (χ1n) is 5.34. The van der Waals surface area contributed by atoms with E-state index in [-0.39, 0.29) is 5.96 Å². The van der Waals surface area contributed by atoms with E-state index in [1.54, 1.807) is 24.4 Å². The number of hydrogen-bond acceptors (Lipinski definition) is 3. The Kier molecular flexibility index (Phi) is 3.38. The third-order valence-electron chi connectivity index (χ3n) is 2.35. The molecule has 0 unspecified atom stereocenters. The molecule has 1 aromatic rings. The Morgan fingerprint density at radius 3 is 2.89 bits per heavy atom. The fourth-order valence-electron chi connectivity index (χ4n) is 1.55. The largest absolute Gasteiger partial charge is 0.370 e. The minimum Gasteiger partial charge on any atom is -0.370 e. The molecular weight excluding hydrogens is 230 g/mol. The van der Waals surface area contributed by atoms with E-state index in [9.17, 15) is 4.79 Å². The summed E-state index contributed by atoms with van der Waals surface area (Å²) in [5.74, 6) is -0.700. The average Bonchev–Trinajstić information content (AvgIpc) is 2.39. The predicted octanol–water partition coefficient (Wildman–Crippen LogP) is 0.462. The molecule has 92 valence electrons. The fraction of sp³-hybridized carbons (Fsp3) is 0.0833. The van der Waals surface area contributed by atoms with E-state index in [1.807, 2.05) is 23.2 Å². The van der Waals surface area contributed by atoms with E-state index in [0.717, 1.165) is 5.69 Å². The second kappa shape index (κ2) is 5.13. The maximum atomic E-state index is 11.7. The Bertz CT molecular complexity index is 543. The van der Waals surface area contributed by atoms with Gasteiger partial charge in [0.1, 0.15) is 6.67 Å². The summed E-state index contributed by atoms with van der Waals surface area (Å²) in [5.41, 5.74) is 11.7. The van der Waals surface area contributed by atoms with Crippen molar-refractivity contribution in [2.45, 2.75) is 0 Å². The Balaban J connectivity index is 2.25. The molecule has 18 heavy (non-hydrogen) atoms. The molecule has 0 saturated carbocycles. The number of benzene rings is 1. The van der Waals surface area contributed by atoms with Crippen molar-refractivity contribution < 1.29 is 4.79 Å². The lowest BCUT2D eigenvalue weighted by molar-refractivity contribution is 0.100. The summed E-state index contributed by atoms with van der Waals surface area (Å²) in [6.45, 7) is 0.524. The van der Waals surface area contributed by atoms with Crippen LogP contribution in [0.2, 0.25) is 0 Å². The summed E-state index contributed by atoms with van der Waals surface area (Å²) < 4.78 is 0. The molecule has 0 atom stereocenters. The summed E-state index contributed by atoms with van der Waals surface area (Å²) in [5, 5.41) is 0. The highest BCUT2D eigenvalue weighted by molar-refractivity contribution is 6.02. The van der Waals surface area contributed by atoms with Crippen LogP contribution in [-0.4, -0.2) is 24.8 Å². The molecule has 0 aromatic heterocycles. The van der Waals surface area contributed by atoms with Crippen molar-refractivity contribution in [3.63, 3.8) is 0 Å². The molecule has 0 fully saturated rings. The van der Waals surface area contributed by atoms with Crippen LogP contribution in [-0.2, 0) is 0 Å². The topological polar surface area (TPSA) is 97.1 Å². The van der Waals surface area contributed by atoms with Crippen molar-refractivity contribution in [2.75, 3.05) is 11.6 Å². The number of carbonyl (C=O) groups is 1. The second-order valence-electron chi connectivity index (χ2n) is 3.68. The van der Waals surface area contributed by atoms with Gasteiger partial charge in [0.25, 0.3) is 5.91 Å². The van der Waals surface area contributed by atoms with Crippen molar-refractivity contribution in [1.29, 1.82) is 0 Å². The van der Waals surface area contributed by atoms with Gasteiger partial charge in [-0.1, -0.05) is 6.07 Å². The third kappa shape index (κ3) is 2.73. The smallest absolute Gasteiger partial charge is 0.280 e. The van der Waals surface area contributed by atoms with Gasteiger partial charge in [0.05, 0.1) is 0 Å². The van der Waals surface area contributed by atoms with E-state index in [0.29, 0.717) is 12.2 Å². The second-order valence-corrected chi connectivity index (χ2v) is 3.68. The molecule has 1 heterocycles. The maximum absolute atomic E-state index is 11.7. The standard InChI is InChI=1S/C12H13N5O/c13-12(14)16-11(18)9-3-1-4-10(7-9)17-6-2-5-15-8-17/h1-7H,8H2,(H4,13,14,16,18). The molecule has 1 amide bonds. The number of amides is 1. The molecule has 1 aromatic carbocycles. The van der Waals surface area contributed by atoms with Gasteiger partial charge < -0.3 is 16.4 Å². The number of hydrogen-bond donors (Lipinski definition) is 2. The average molecular weight is 243 g/mol. The van der Waals surface area contributed by atoms with Crippen molar-refractivity contribution in [2.24, 2.45) is 21.5 Å². The van der Waals surface area contributed by atoms with Gasteiger partial charge in [0.15, 0.2) is 5.96 Å². The van der Waals surface area contributed by atoms with Gasteiger partial charge in [-0.3, -0.25) is 9.79 Å². The number of aliphatic imine (C=N–C) groups is 2. The number of carbonyl (C=O) groups excluding carboxylic acids is 1. The SMILES string of the molecule is NC(N)=NC(=O)c1cccc(N2C=CC=NC2)c1. The van der Waals surface area contributed by atoms with Crippen LogP contribution in [0.5, 0.6) is 0 Å². The highest BCUT2D eigenvalue weighted by Gasteiger charge is 2.09. The van der Waals surface area contributed by atoms with Crippen LogP contribution in [0, 0.1) is 0 Å². The lowest BCUT2D eigenvalue weighted by atomic mass is 10.2. The maximum Gasteiger partial charge on any atom is 0.280 e. The van der Waals surface area contributed by atoms with Gasteiger partial charge in [0, 0.05) is 23.7 Å². The van der Waals surface area contributed by atoms with Gasteiger partial charge in [-0.05, 0) is 24.3 Å². The summed E-state index contributed by atoms with van der Waals surface area (Å²) in [6, 6.07) is 7.05. The van der Waals surface area contributed by atoms with Crippen LogP contribution in [0.15, 0.2) is 46.5 Å². The fourth-order valence-corrected chi connectivity index (χ4v) is 1.55. The van der Waals surface area contributed by atoms with E-state index in [2.05, 4.69) is 9.98 Å². The number of nitrogens with two attached hydrogens (primary N) is 2. The Labute approximate surface area is 104 Å². The van der Waals surface area contributed by atoms with Gasteiger partial charge in [-0.25, -0.2) is 0 Å². The monoisotopic (exact) mass is 243 g/mol. The summed E-state index contributed by atoms with van der Waals surface area (Å²) in [4.78, 5) is 21.2. The predicted molar refractivity (Wildman–Crippen MR) is 71.6 cm³/mol. The summed E-state index contributed by atoms with van der Waals surface area (Å²) >= 11 is 0. The highest BCUT2D eigenvalue weighted by Crippen LogP contribution is 2.18. The van der Waals surface area contributed by atoms with Gasteiger partial charge in [-0.15, -0.1) is 0 Å². The zero-order chi connectivity index (χ0) is 13.0. The van der Waals surface area contributed by atoms with E-state index >= 15 is 0 Å². The lowest BCUT2D eigenvalue weighted by Crippen LogP contribution is -2.24. The first-order chi connectivity index (χ1) is 8.66. The van der Waals surface area contributed by atoms with Gasteiger partial charge in [0.2, 0.25) is 0 Å². The van der Waals surface area contributed by atoms with E-state index in [1.165, 1.54) is 0 Å². The third-order valence-corrected chi connectivity index (χ3v) is 2.35. The molecule has 0 aliphatic carbocycles. The number of rotatable bonds is 2. The molecule has 2 rings (SSSR count). The van der Waals surface area contributed by atoms with Gasteiger partial charge in [-0.2, -0.15) is 4.99 Å². The van der Waals surface area contributed by atoms with Crippen LogP contribution in [0.1, 0.15) is 10.4 Å². The quantitative estimate of drug-likeness (QED) is 0.582. The van der Waals surface area contributed by atoms with E-state index < -0.39 is 5.91 Å². The van der Waals surface area contributed by atoms with Crippen molar-refractivity contribution in [3.05, 3.63) is 42.1 Å². The number of guanidine groups is 1. The van der Waals surface area contributed by atoms with Crippen molar-refractivity contribution in [3.8, 4) is 0 Å². The Morgan fingerprint density at radius 1 is 1.39 bits per heavy atom. The zero-order valence-corrected chi connectivity index (χ0v) is 9.65. The van der Waals surface area contributed by atoms with Gasteiger partial charge >= 0.3 is 0 Å². The molecule has 0 spiro atoms. The molecule has 6 nitrogen and oxygen atoms in total. The first kappa shape index (κ1) is 11.8. The van der Waals surface area contributed by atoms with Crippen LogP contribution in [0.25, 0.3) is 0 Å². The van der Waals surface area contributed by atoms with Crippen molar-refractivity contribution >= 4 is 23.8 Å². The van der Waals surface area contributed by atoms with Crippen LogP contribution in [0.3, 0.4) is 0 Å². The summed E-state index contributed by atoms with van der Waals surface area (Å²) in [7, 11) is 0. The van der Waals surface area contributed by atoms with Crippen LogP contribution >= 0.6 is 0 Å². The zero-order valence-electron chi connectivity index (χ0n) is 9.65. The molecule has 1 aliphatic heterocycles. The molecule has 0 bridgehead atoms. The van der Waals surface area contributed by atoms with Crippen LogP contribution < -0.4 is 16.4 Å². The Hall–Kier alpha value is -2.63. The van der Waals surface area contributed by atoms with Crippen molar-refractivity contribution in [1.82, 2.24) is 0 Å². The first-order valence-corrected chi connectivity index (χ1v) is 5.34. The summed E-state index contributed by atoms with van der Waals surface area (Å²) in [6.07, 6.45) is 5.44. The molecule has 1 aliphatic rings. The van der Waals surface area contributed by atoms with E-state index in [4.69, 9.17) is 11.5 Å². The lowest BCUT2D eigenvalue weighted by Gasteiger charge is -2.20. The molecular formula is C12H13N5O. The number of allylic oxidation sites excluding steroid dienone is 1. The number of anilines is 1. The minimum atomic E-state index is -0.457. The molecule has 6 heteroatoms.